The second kappa shape index (κ2) is 7.68. The highest BCUT2D eigenvalue weighted by molar-refractivity contribution is 7.87. The van der Waals surface area contributed by atoms with E-state index in [0.717, 1.165) is 30.5 Å². The van der Waals surface area contributed by atoms with Crippen LogP contribution in [0.4, 0.5) is 17.1 Å². The van der Waals surface area contributed by atoms with Crippen molar-refractivity contribution in [2.24, 2.45) is 5.14 Å². The highest BCUT2D eigenvalue weighted by atomic mass is 32.2. The molecule has 0 saturated carbocycles. The zero-order chi connectivity index (χ0) is 20.5. The number of nitrogen functional groups attached to an aromatic ring is 2. The summed E-state index contributed by atoms with van der Waals surface area (Å²) in [4.78, 5) is 6.48. The molecule has 11 heteroatoms. The third-order valence-electron chi connectivity index (χ3n) is 5.09. The maximum Gasteiger partial charge on any atom is 0.274 e. The summed E-state index contributed by atoms with van der Waals surface area (Å²) < 4.78 is 24.9. The summed E-state index contributed by atoms with van der Waals surface area (Å²) in [5.41, 5.74) is 14.7. The Hall–Kier alpha value is -2.18. The predicted molar refractivity (Wildman–Crippen MR) is 115 cm³/mol. The summed E-state index contributed by atoms with van der Waals surface area (Å²) in [6.07, 6.45) is 3.89. The molecule has 0 spiro atoms. The average Bonchev–Trinajstić information content (AvgIpc) is 2.82. The van der Waals surface area contributed by atoms with Crippen LogP contribution in [0.3, 0.4) is 0 Å². The van der Waals surface area contributed by atoms with Crippen LogP contribution >= 0.6 is 9.24 Å². The van der Waals surface area contributed by atoms with Gasteiger partial charge in [-0.2, -0.15) is 13.7 Å². The molecule has 0 radical (unpaired) electrons. The molecule has 7 N–H and O–H groups in total. The molecule has 2 heterocycles. The summed E-state index contributed by atoms with van der Waals surface area (Å²) in [7, 11) is -0.969. The molecule has 1 fully saturated rings. The minimum Gasteiger partial charge on any atom is -0.397 e. The van der Waals surface area contributed by atoms with Gasteiger partial charge >= 0.3 is 0 Å². The molecule has 0 bridgehead atoms. The third-order valence-corrected chi connectivity index (χ3v) is 6.42. The smallest absolute Gasteiger partial charge is 0.274 e. The lowest BCUT2D eigenvalue weighted by molar-refractivity contribution is 0.506. The predicted octanol–water partition coefficient (Wildman–Crippen LogP) is 0.668. The van der Waals surface area contributed by atoms with E-state index < -0.39 is 10.2 Å². The molecule has 1 saturated heterocycles. The Morgan fingerprint density at radius 1 is 1.29 bits per heavy atom. The first-order valence-electron chi connectivity index (χ1n) is 8.81. The van der Waals surface area contributed by atoms with Crippen molar-refractivity contribution in [3.8, 4) is 6.07 Å². The van der Waals surface area contributed by atoms with Crippen LogP contribution in [0.1, 0.15) is 24.8 Å². The van der Waals surface area contributed by atoms with Gasteiger partial charge in [0.15, 0.2) is 0 Å². The SMILES string of the molecule is N#Cc1cnc2cc(N)c(N)cc2c1N1CCCC(P)(CNS(N)(=O)=O)CC1. The quantitative estimate of drug-likeness (QED) is 0.416. The Morgan fingerprint density at radius 2 is 2.00 bits per heavy atom. The van der Waals surface area contributed by atoms with Crippen LogP contribution in [0.25, 0.3) is 10.9 Å². The molecule has 2 aromatic rings. The zero-order valence-electron chi connectivity index (χ0n) is 15.4. The number of nitrogens with two attached hydrogens (primary N) is 3. The maximum atomic E-state index is 11.3. The molecule has 1 aromatic heterocycles. The lowest BCUT2D eigenvalue weighted by Gasteiger charge is -2.29. The van der Waals surface area contributed by atoms with E-state index in [-0.39, 0.29) is 11.7 Å². The van der Waals surface area contributed by atoms with E-state index in [1.54, 1.807) is 18.3 Å². The number of anilines is 3. The number of nitriles is 1. The number of nitrogens with one attached hydrogen (secondary N) is 1. The van der Waals surface area contributed by atoms with Crippen LogP contribution < -0.4 is 26.2 Å². The van der Waals surface area contributed by atoms with Crippen LogP contribution in [0.5, 0.6) is 0 Å². The normalized spacial score (nSPS) is 20.7. The van der Waals surface area contributed by atoms with E-state index in [0.29, 0.717) is 35.4 Å². The molecule has 150 valence electrons. The minimum absolute atomic E-state index is 0.246. The first kappa shape index (κ1) is 20.6. The van der Waals surface area contributed by atoms with Crippen molar-refractivity contribution in [2.75, 3.05) is 36.0 Å². The van der Waals surface area contributed by atoms with Crippen LogP contribution in [0.15, 0.2) is 18.3 Å². The highest BCUT2D eigenvalue weighted by Gasteiger charge is 2.30. The lowest BCUT2D eigenvalue weighted by Crippen LogP contribution is -2.42. The van der Waals surface area contributed by atoms with E-state index in [4.69, 9.17) is 16.6 Å². The highest BCUT2D eigenvalue weighted by Crippen LogP contribution is 2.37. The van der Waals surface area contributed by atoms with Crippen LogP contribution in [-0.4, -0.2) is 38.2 Å². The molecule has 1 aliphatic heterocycles. The Kier molecular flexibility index (Phi) is 5.64. The number of hydrogen-bond donors (Lipinski definition) is 4. The van der Waals surface area contributed by atoms with Gasteiger partial charge in [-0.3, -0.25) is 4.98 Å². The largest absolute Gasteiger partial charge is 0.397 e. The molecule has 0 aliphatic carbocycles. The van der Waals surface area contributed by atoms with Gasteiger partial charge in [0.05, 0.1) is 28.1 Å². The Balaban J connectivity index is 1.95. The Morgan fingerprint density at radius 3 is 2.68 bits per heavy atom. The minimum atomic E-state index is -3.74. The summed E-state index contributed by atoms with van der Waals surface area (Å²) in [5, 5.41) is 15.2. The number of rotatable bonds is 4. The number of nitrogens with zero attached hydrogens (tertiary/aromatic N) is 3. The van der Waals surface area contributed by atoms with E-state index in [9.17, 15) is 13.7 Å². The van der Waals surface area contributed by atoms with Crippen molar-refractivity contribution in [2.45, 2.75) is 24.4 Å². The van der Waals surface area contributed by atoms with E-state index >= 15 is 0 Å². The second-order valence-corrected chi connectivity index (χ2v) is 9.80. The van der Waals surface area contributed by atoms with Crippen molar-refractivity contribution >= 4 is 47.4 Å². The summed E-state index contributed by atoms with van der Waals surface area (Å²) in [5.74, 6) is 0. The fraction of sp³-hybridized carbons (Fsp3) is 0.412. The van der Waals surface area contributed by atoms with Crippen molar-refractivity contribution in [3.63, 3.8) is 0 Å². The first-order valence-corrected chi connectivity index (χ1v) is 10.9. The molecule has 3 rings (SSSR count). The van der Waals surface area contributed by atoms with Crippen molar-refractivity contribution in [3.05, 3.63) is 23.9 Å². The number of benzene rings is 1. The topological polar surface area (TPSA) is 164 Å². The van der Waals surface area contributed by atoms with Gasteiger partial charge in [-0.25, -0.2) is 9.86 Å². The number of hydrogen-bond acceptors (Lipinski definition) is 7. The van der Waals surface area contributed by atoms with Gasteiger partial charge < -0.3 is 16.4 Å². The lowest BCUT2D eigenvalue weighted by atomic mass is 10.00. The van der Waals surface area contributed by atoms with Gasteiger partial charge in [-0.1, -0.05) is 0 Å². The van der Waals surface area contributed by atoms with Crippen LogP contribution in [0, 0.1) is 11.3 Å². The molecule has 2 unspecified atom stereocenters. The number of fused-ring (bicyclic) bond motifs is 1. The van der Waals surface area contributed by atoms with Gasteiger partial charge in [0, 0.05) is 36.4 Å². The molecule has 28 heavy (non-hydrogen) atoms. The van der Waals surface area contributed by atoms with E-state index in [2.05, 4.69) is 29.9 Å². The number of pyridine rings is 1. The van der Waals surface area contributed by atoms with Crippen LogP contribution in [-0.2, 0) is 10.2 Å². The Bertz CT molecular complexity index is 1050. The molecular formula is C17H24N7O2PS. The summed E-state index contributed by atoms with van der Waals surface area (Å²) in [6, 6.07) is 5.69. The van der Waals surface area contributed by atoms with Crippen molar-refractivity contribution in [1.82, 2.24) is 9.71 Å². The number of aromatic nitrogens is 1. The van der Waals surface area contributed by atoms with Crippen molar-refractivity contribution in [1.29, 1.82) is 5.26 Å². The summed E-state index contributed by atoms with van der Waals surface area (Å²) >= 11 is 0. The van der Waals surface area contributed by atoms with Gasteiger partial charge in [0.2, 0.25) is 0 Å². The molecular weight excluding hydrogens is 397 g/mol. The molecule has 2 atom stereocenters. The second-order valence-electron chi connectivity index (χ2n) is 7.20. The fourth-order valence-corrected chi connectivity index (χ4v) is 4.61. The fourth-order valence-electron chi connectivity index (χ4n) is 3.54. The van der Waals surface area contributed by atoms with E-state index in [1.807, 2.05) is 0 Å². The van der Waals surface area contributed by atoms with E-state index in [1.165, 1.54) is 0 Å². The summed E-state index contributed by atoms with van der Waals surface area (Å²) in [6.45, 7) is 1.62. The van der Waals surface area contributed by atoms with Gasteiger partial charge in [0.1, 0.15) is 6.07 Å². The monoisotopic (exact) mass is 421 g/mol. The average molecular weight is 421 g/mol. The van der Waals surface area contributed by atoms with Gasteiger partial charge in [-0.15, -0.1) is 9.24 Å². The maximum absolute atomic E-state index is 11.3. The van der Waals surface area contributed by atoms with Crippen LogP contribution in [0.2, 0.25) is 0 Å². The third kappa shape index (κ3) is 4.45. The molecule has 1 aromatic carbocycles. The molecule has 9 nitrogen and oxygen atoms in total. The first-order chi connectivity index (χ1) is 13.1. The van der Waals surface area contributed by atoms with Crippen molar-refractivity contribution < 1.29 is 8.42 Å². The van der Waals surface area contributed by atoms with Gasteiger partial charge in [-0.05, 0) is 31.4 Å². The van der Waals surface area contributed by atoms with Gasteiger partial charge in [0.25, 0.3) is 10.2 Å². The molecule has 1 aliphatic rings. The standard InChI is InChI=1S/C17H24N7O2PS/c18-8-11-9-22-15-7-14(20)13(19)6-12(15)16(11)24-4-1-2-17(27,3-5-24)10-23-28(21,25)26/h6-7,9,23H,1-5,10,19-20,27H2,(H2,21,25,26). The molecule has 0 amide bonds. The zero-order valence-corrected chi connectivity index (χ0v) is 17.3. The Labute approximate surface area is 166 Å².